The zero-order valence-corrected chi connectivity index (χ0v) is 34.3. The number of hydrogen-bond acceptors (Lipinski definition) is 1. The van der Waals surface area contributed by atoms with Gasteiger partial charge in [0.1, 0.15) is 74.6 Å². The van der Waals surface area contributed by atoms with Crippen molar-refractivity contribution < 1.29 is 92.0 Å². The predicted molar refractivity (Wildman–Crippen MR) is 207 cm³/mol. The summed E-state index contributed by atoms with van der Waals surface area (Å²) in [5, 5.41) is 0. The fraction of sp³-hybridized carbons (Fsp3) is 0.0667. The van der Waals surface area contributed by atoms with E-state index in [2.05, 4.69) is 48.5 Å². The van der Waals surface area contributed by atoms with Gasteiger partial charge in [-0.25, -0.2) is 87.8 Å². The highest BCUT2D eigenvalue weighted by Gasteiger charge is 2.52. The minimum Gasteiger partial charge on any atom is -0.207 e. The first-order valence-corrected chi connectivity index (χ1v) is 20.8. The topological polar surface area (TPSA) is 17.1 Å². The number of benzene rings is 7. The molecule has 0 bridgehead atoms. The van der Waals surface area contributed by atoms with Gasteiger partial charge < -0.3 is 0 Å². The van der Waals surface area contributed by atoms with Crippen molar-refractivity contribution in [2.24, 2.45) is 0 Å². The van der Waals surface area contributed by atoms with E-state index < -0.39 is 154 Å². The number of hydrogen-bond donors (Lipinski definition) is 0. The Kier molecular flexibility index (Phi) is 14.3. The van der Waals surface area contributed by atoms with Crippen molar-refractivity contribution >= 4 is 37.9 Å². The SMILES string of the molecule is C[S+](=O)(Cc1ccc(Cc2ccccc2)cc1)c1ccccc1.Fc1c(F)c(F)c([B-](c2c(F)c(F)c(F)c(F)c2F)(c2c(F)c(F)c(F)c(F)c2F)c2c(F)c(F)c(F)c(F)c2F)c(F)c1F. The van der Waals surface area contributed by atoms with Crippen LogP contribution in [0.5, 0.6) is 0 Å². The van der Waals surface area contributed by atoms with Crippen molar-refractivity contribution in [1.29, 1.82) is 0 Å². The zero-order chi connectivity index (χ0) is 50.5. The Bertz CT molecular complexity index is 2770. The summed E-state index contributed by atoms with van der Waals surface area (Å²) in [4.78, 5) is 0.924. The van der Waals surface area contributed by atoms with E-state index in [0.717, 1.165) is 16.9 Å². The Morgan fingerprint density at radius 3 is 0.809 bits per heavy atom. The van der Waals surface area contributed by atoms with Crippen LogP contribution >= 0.6 is 0 Å². The van der Waals surface area contributed by atoms with E-state index in [1.54, 1.807) is 0 Å². The van der Waals surface area contributed by atoms with Crippen LogP contribution in [0.4, 0.5) is 87.8 Å². The largest absolute Gasteiger partial charge is 0.207 e. The van der Waals surface area contributed by atoms with E-state index in [0.29, 0.717) is 5.75 Å². The first kappa shape index (κ1) is 50.8. The van der Waals surface area contributed by atoms with Gasteiger partial charge in [-0.15, -0.1) is 21.9 Å². The Morgan fingerprint density at radius 2 is 0.529 bits per heavy atom. The maximum atomic E-state index is 15.4. The highest BCUT2D eigenvalue weighted by molar-refractivity contribution is 8.01. The maximum absolute atomic E-state index is 15.4. The minimum atomic E-state index is -7.22. The van der Waals surface area contributed by atoms with Crippen molar-refractivity contribution in [3.63, 3.8) is 0 Å². The van der Waals surface area contributed by atoms with E-state index in [-0.39, 0.29) is 0 Å². The van der Waals surface area contributed by atoms with Gasteiger partial charge in [0.15, 0.2) is 74.7 Å². The normalized spacial score (nSPS) is 12.5. The molecule has 0 aliphatic carbocycles. The average molecular weight is 1000 g/mol. The first-order chi connectivity index (χ1) is 31.8. The quantitative estimate of drug-likeness (QED) is 0.0463. The molecule has 0 radical (unpaired) electrons. The lowest BCUT2D eigenvalue weighted by Gasteiger charge is -2.44. The maximum Gasteiger partial charge on any atom is 0.200 e. The van der Waals surface area contributed by atoms with Gasteiger partial charge in [0.25, 0.3) is 0 Å². The second-order valence-corrected chi connectivity index (χ2v) is 17.5. The van der Waals surface area contributed by atoms with E-state index in [9.17, 15) is 56.9 Å². The van der Waals surface area contributed by atoms with Crippen molar-refractivity contribution in [3.05, 3.63) is 218 Å². The highest BCUT2D eigenvalue weighted by atomic mass is 32.2. The Labute approximate surface area is 370 Å². The van der Waals surface area contributed by atoms with E-state index in [4.69, 9.17) is 0 Å². The summed E-state index contributed by atoms with van der Waals surface area (Å²) in [7, 11) is -2.04. The van der Waals surface area contributed by atoms with Gasteiger partial charge in [-0.05, 0) is 29.7 Å². The summed E-state index contributed by atoms with van der Waals surface area (Å²) in [6.45, 7) is 0. The molecular weight excluding hydrogens is 979 g/mol. The predicted octanol–water partition coefficient (Wildman–Crippen LogP) is 10.8. The fourth-order valence-corrected chi connectivity index (χ4v) is 9.30. The molecular formula is C45H21BF20OS. The smallest absolute Gasteiger partial charge is 0.200 e. The molecule has 0 aromatic heterocycles. The Hall–Kier alpha value is -6.65. The molecule has 0 aliphatic heterocycles. The van der Waals surface area contributed by atoms with Crippen LogP contribution in [-0.4, -0.2) is 12.4 Å². The second kappa shape index (κ2) is 19.2. The molecule has 0 saturated heterocycles. The summed E-state index contributed by atoms with van der Waals surface area (Å²) >= 11 is 0. The molecule has 0 spiro atoms. The molecule has 1 unspecified atom stereocenters. The third kappa shape index (κ3) is 8.48. The second-order valence-electron chi connectivity index (χ2n) is 14.7. The zero-order valence-electron chi connectivity index (χ0n) is 33.5. The van der Waals surface area contributed by atoms with Crippen LogP contribution < -0.4 is 21.9 Å². The summed E-state index contributed by atoms with van der Waals surface area (Å²) in [6.07, 6.45) is -4.44. The average Bonchev–Trinajstić information content (AvgIpc) is 3.32. The Morgan fingerprint density at radius 1 is 0.309 bits per heavy atom. The molecule has 0 fully saturated rings. The van der Waals surface area contributed by atoms with Crippen molar-refractivity contribution in [2.45, 2.75) is 17.1 Å². The lowest BCUT2D eigenvalue weighted by Crippen LogP contribution is -2.81. The van der Waals surface area contributed by atoms with Crippen LogP contribution in [0.15, 0.2) is 89.8 Å². The summed E-state index contributed by atoms with van der Waals surface area (Å²) in [6, 6.07) is 28.7. The summed E-state index contributed by atoms with van der Waals surface area (Å²) < 4.78 is 307. The van der Waals surface area contributed by atoms with Gasteiger partial charge in [0, 0.05) is 5.56 Å². The van der Waals surface area contributed by atoms with Crippen LogP contribution in [-0.2, 0) is 26.3 Å². The molecule has 0 saturated carbocycles. The molecule has 7 rings (SSSR count). The molecule has 7 aromatic rings. The molecule has 356 valence electrons. The molecule has 0 heterocycles. The van der Waals surface area contributed by atoms with Gasteiger partial charge in [-0.2, -0.15) is 0 Å². The van der Waals surface area contributed by atoms with E-state index in [1.807, 2.05) is 42.7 Å². The standard InChI is InChI=1S/C24BF20.C21H21OS/c26-5-1(6(27)14(35)21(42)13(5)34)25(2-7(28)15(36)22(43)16(37)8(2)29,3-9(30)17(38)23(44)18(39)10(3)31)4-11(32)19(40)24(45)20(41)12(4)33;1-23(22,21-10-6-3-7-11-21)17-20-14-12-19(13-15-20)16-18-8-4-2-5-9-18/h;2-15H,16-17H2,1H3/q-1;+1. The van der Waals surface area contributed by atoms with Gasteiger partial charge >= 0.3 is 0 Å². The van der Waals surface area contributed by atoms with Gasteiger partial charge in [0.2, 0.25) is 0 Å². The third-order valence-corrected chi connectivity index (χ3v) is 12.8. The molecule has 1 atom stereocenters. The molecule has 0 N–H and O–H groups in total. The van der Waals surface area contributed by atoms with Gasteiger partial charge in [-0.1, -0.05) is 77.0 Å². The van der Waals surface area contributed by atoms with Crippen molar-refractivity contribution in [2.75, 3.05) is 6.26 Å². The number of halogens is 20. The highest BCUT2D eigenvalue weighted by Crippen LogP contribution is 2.31. The Balaban J connectivity index is 0.000000276. The lowest BCUT2D eigenvalue weighted by molar-refractivity contribution is 0.378. The van der Waals surface area contributed by atoms with E-state index in [1.165, 1.54) is 11.1 Å². The molecule has 23 heteroatoms. The van der Waals surface area contributed by atoms with Crippen LogP contribution in [0.1, 0.15) is 16.7 Å². The molecule has 0 amide bonds. The van der Waals surface area contributed by atoms with E-state index >= 15 is 35.1 Å². The third-order valence-electron chi connectivity index (χ3n) is 10.7. The van der Waals surface area contributed by atoms with Crippen LogP contribution in [0.25, 0.3) is 0 Å². The first-order valence-electron chi connectivity index (χ1n) is 18.7. The molecule has 7 aromatic carbocycles. The van der Waals surface area contributed by atoms with Crippen LogP contribution in [0.2, 0.25) is 0 Å². The lowest BCUT2D eigenvalue weighted by atomic mass is 9.12. The number of rotatable bonds is 9. The molecule has 1 nitrogen and oxygen atoms in total. The summed E-state index contributed by atoms with van der Waals surface area (Å²) in [5.74, 6) is -70.8. The van der Waals surface area contributed by atoms with Gasteiger partial charge in [0.05, 0.1) is 0 Å². The fourth-order valence-electron chi connectivity index (χ4n) is 7.57. The summed E-state index contributed by atoms with van der Waals surface area (Å²) in [5.41, 5.74) is -10.6. The van der Waals surface area contributed by atoms with Gasteiger partial charge in [-0.3, -0.25) is 0 Å². The molecule has 68 heavy (non-hydrogen) atoms. The monoisotopic (exact) mass is 1000 g/mol. The van der Waals surface area contributed by atoms with Crippen molar-refractivity contribution in [3.8, 4) is 0 Å². The van der Waals surface area contributed by atoms with Crippen molar-refractivity contribution in [1.82, 2.24) is 0 Å². The molecule has 0 aliphatic rings. The minimum absolute atomic E-state index is 0.586. The van der Waals surface area contributed by atoms with Crippen LogP contribution in [0.3, 0.4) is 0 Å². The van der Waals surface area contributed by atoms with Crippen LogP contribution in [0, 0.1) is 116 Å².